The number of carbonyl (C=O) groups is 1. The highest BCUT2D eigenvalue weighted by atomic mass is 16.3. The van der Waals surface area contributed by atoms with Crippen LogP contribution in [0.3, 0.4) is 0 Å². The summed E-state index contributed by atoms with van der Waals surface area (Å²) in [5.74, 6) is -0.0457. The third kappa shape index (κ3) is 1.76. The van der Waals surface area contributed by atoms with E-state index in [0.717, 1.165) is 5.56 Å². The molecule has 0 amide bonds. The van der Waals surface area contributed by atoms with Crippen LogP contribution in [0.1, 0.15) is 12.5 Å². The molecule has 0 saturated heterocycles. The van der Waals surface area contributed by atoms with Crippen LogP contribution >= 0.6 is 0 Å². The molecule has 1 unspecified atom stereocenters. The topological polar surface area (TPSA) is 37.3 Å². The van der Waals surface area contributed by atoms with Crippen LogP contribution in [0.5, 0.6) is 0 Å². The third-order valence-electron chi connectivity index (χ3n) is 2.55. The van der Waals surface area contributed by atoms with E-state index < -0.39 is 5.60 Å². The molecule has 1 aliphatic carbocycles. The lowest BCUT2D eigenvalue weighted by molar-refractivity contribution is -0.111. The summed E-state index contributed by atoms with van der Waals surface area (Å²) >= 11 is 0. The molecule has 0 spiro atoms. The molecule has 2 heteroatoms. The van der Waals surface area contributed by atoms with Gasteiger partial charge in [0.05, 0.1) is 0 Å². The van der Waals surface area contributed by atoms with Gasteiger partial charge in [-0.3, -0.25) is 4.79 Å². The van der Waals surface area contributed by atoms with Crippen molar-refractivity contribution >= 4 is 5.78 Å². The molecule has 1 aliphatic rings. The second-order valence-corrected chi connectivity index (χ2v) is 3.72. The smallest absolute Gasteiger partial charge is 0.181 e. The summed E-state index contributed by atoms with van der Waals surface area (Å²) in [6, 6.07) is 9.29. The van der Waals surface area contributed by atoms with Gasteiger partial charge in [0.15, 0.2) is 5.78 Å². The minimum atomic E-state index is -1.14. The Morgan fingerprint density at radius 1 is 1.20 bits per heavy atom. The Labute approximate surface area is 88.6 Å². The summed E-state index contributed by atoms with van der Waals surface area (Å²) in [4.78, 5) is 11.2. The van der Waals surface area contributed by atoms with Crippen LogP contribution in [0.15, 0.2) is 54.1 Å². The molecule has 0 radical (unpaired) electrons. The zero-order valence-corrected chi connectivity index (χ0v) is 8.47. The van der Waals surface area contributed by atoms with E-state index in [4.69, 9.17) is 0 Å². The Bertz CT molecular complexity index is 443. The number of aliphatic hydroxyl groups is 1. The van der Waals surface area contributed by atoms with Crippen molar-refractivity contribution in [1.82, 2.24) is 0 Å². The molecular weight excluding hydrogens is 188 g/mol. The predicted molar refractivity (Wildman–Crippen MR) is 58.2 cm³/mol. The van der Waals surface area contributed by atoms with E-state index >= 15 is 0 Å². The van der Waals surface area contributed by atoms with Crippen LogP contribution in [-0.4, -0.2) is 10.9 Å². The van der Waals surface area contributed by atoms with Gasteiger partial charge in [-0.15, -0.1) is 0 Å². The van der Waals surface area contributed by atoms with Gasteiger partial charge >= 0.3 is 0 Å². The monoisotopic (exact) mass is 200 g/mol. The molecule has 0 aromatic heterocycles. The molecular formula is C13H12O2. The molecule has 2 nitrogen and oxygen atoms in total. The van der Waals surface area contributed by atoms with Crippen LogP contribution in [0.2, 0.25) is 0 Å². The van der Waals surface area contributed by atoms with Crippen LogP contribution in [0.25, 0.3) is 0 Å². The Hall–Kier alpha value is -1.67. The summed E-state index contributed by atoms with van der Waals surface area (Å²) in [5.41, 5.74) is 0.205. The normalized spacial score (nSPS) is 25.2. The number of hydrogen-bond acceptors (Lipinski definition) is 2. The van der Waals surface area contributed by atoms with Crippen molar-refractivity contribution in [2.24, 2.45) is 0 Å². The van der Waals surface area contributed by atoms with E-state index in [9.17, 15) is 9.90 Å². The van der Waals surface area contributed by atoms with Gasteiger partial charge in [-0.1, -0.05) is 30.3 Å². The SMILES string of the molecule is CC1=CC(O)(c2ccccc2)C=CC1=O. The van der Waals surface area contributed by atoms with Crippen LogP contribution in [0, 0.1) is 0 Å². The van der Waals surface area contributed by atoms with Crippen LogP contribution in [0.4, 0.5) is 0 Å². The average molecular weight is 200 g/mol. The summed E-state index contributed by atoms with van der Waals surface area (Å²) in [6.07, 6.45) is 4.53. The number of hydrogen-bond donors (Lipinski definition) is 1. The van der Waals surface area contributed by atoms with Crippen LogP contribution < -0.4 is 0 Å². The van der Waals surface area contributed by atoms with Crippen molar-refractivity contribution in [3.8, 4) is 0 Å². The number of rotatable bonds is 1. The van der Waals surface area contributed by atoms with Crippen molar-refractivity contribution in [2.45, 2.75) is 12.5 Å². The Morgan fingerprint density at radius 3 is 2.47 bits per heavy atom. The van der Waals surface area contributed by atoms with Gasteiger partial charge in [-0.25, -0.2) is 0 Å². The third-order valence-corrected chi connectivity index (χ3v) is 2.55. The predicted octanol–water partition coefficient (Wildman–Crippen LogP) is 1.96. The molecule has 1 aromatic carbocycles. The second-order valence-electron chi connectivity index (χ2n) is 3.72. The van der Waals surface area contributed by atoms with E-state index in [1.54, 1.807) is 13.0 Å². The maximum Gasteiger partial charge on any atom is 0.181 e. The van der Waals surface area contributed by atoms with Gasteiger partial charge in [0.25, 0.3) is 0 Å². The fraction of sp³-hybridized carbons (Fsp3) is 0.154. The van der Waals surface area contributed by atoms with Gasteiger partial charge in [0, 0.05) is 0 Å². The summed E-state index contributed by atoms with van der Waals surface area (Å²) in [5, 5.41) is 10.3. The number of ketones is 1. The largest absolute Gasteiger partial charge is 0.377 e. The van der Waals surface area contributed by atoms with Crippen molar-refractivity contribution in [1.29, 1.82) is 0 Å². The van der Waals surface area contributed by atoms with Gasteiger partial charge in [0.1, 0.15) is 5.60 Å². The Kier molecular flexibility index (Phi) is 2.29. The molecule has 0 fully saturated rings. The summed E-state index contributed by atoms with van der Waals surface area (Å²) < 4.78 is 0. The maximum atomic E-state index is 11.2. The zero-order chi connectivity index (χ0) is 10.9. The molecule has 0 heterocycles. The minimum Gasteiger partial charge on any atom is -0.377 e. The molecule has 0 saturated carbocycles. The van der Waals surface area contributed by atoms with Gasteiger partial charge < -0.3 is 5.11 Å². The summed E-state index contributed by atoms with van der Waals surface area (Å²) in [6.45, 7) is 1.71. The molecule has 76 valence electrons. The van der Waals surface area contributed by atoms with E-state index in [1.165, 1.54) is 12.2 Å². The first-order valence-electron chi connectivity index (χ1n) is 4.83. The van der Waals surface area contributed by atoms with Crippen molar-refractivity contribution in [3.63, 3.8) is 0 Å². The van der Waals surface area contributed by atoms with Crippen molar-refractivity contribution in [2.75, 3.05) is 0 Å². The highest BCUT2D eigenvalue weighted by Crippen LogP contribution is 2.28. The minimum absolute atomic E-state index is 0.0457. The molecule has 1 atom stereocenters. The lowest BCUT2D eigenvalue weighted by atomic mass is 9.87. The van der Waals surface area contributed by atoms with Crippen molar-refractivity contribution in [3.05, 3.63) is 59.7 Å². The molecule has 0 aliphatic heterocycles. The lowest BCUT2D eigenvalue weighted by Gasteiger charge is -2.24. The van der Waals surface area contributed by atoms with Gasteiger partial charge in [-0.05, 0) is 36.3 Å². The standard InChI is InChI=1S/C13H12O2/c1-10-9-13(15,8-7-12(10)14)11-5-3-2-4-6-11/h2-9,15H,1H3. The zero-order valence-electron chi connectivity index (χ0n) is 8.47. The molecule has 1 N–H and O–H groups in total. The van der Waals surface area contributed by atoms with E-state index in [1.807, 2.05) is 30.3 Å². The first kappa shape index (κ1) is 9.87. The first-order chi connectivity index (χ1) is 7.12. The lowest BCUT2D eigenvalue weighted by Crippen LogP contribution is -2.24. The van der Waals surface area contributed by atoms with E-state index in [0.29, 0.717) is 5.57 Å². The fourth-order valence-electron chi connectivity index (χ4n) is 1.67. The quantitative estimate of drug-likeness (QED) is 0.752. The number of benzene rings is 1. The van der Waals surface area contributed by atoms with Crippen molar-refractivity contribution < 1.29 is 9.90 Å². The number of allylic oxidation sites excluding steroid dienone is 2. The Morgan fingerprint density at radius 2 is 1.87 bits per heavy atom. The highest BCUT2D eigenvalue weighted by Gasteiger charge is 2.27. The van der Waals surface area contributed by atoms with Crippen LogP contribution in [-0.2, 0) is 10.4 Å². The molecule has 2 rings (SSSR count). The molecule has 0 bridgehead atoms. The first-order valence-corrected chi connectivity index (χ1v) is 4.83. The van der Waals surface area contributed by atoms with Gasteiger partial charge in [-0.2, -0.15) is 0 Å². The average Bonchev–Trinajstić information content (AvgIpc) is 2.26. The fourth-order valence-corrected chi connectivity index (χ4v) is 1.67. The highest BCUT2D eigenvalue weighted by molar-refractivity contribution is 6.04. The molecule has 15 heavy (non-hydrogen) atoms. The summed E-state index contributed by atoms with van der Waals surface area (Å²) in [7, 11) is 0. The number of carbonyl (C=O) groups excluding carboxylic acids is 1. The van der Waals surface area contributed by atoms with E-state index in [-0.39, 0.29) is 5.78 Å². The second kappa shape index (κ2) is 3.48. The molecule has 1 aromatic rings. The van der Waals surface area contributed by atoms with E-state index in [2.05, 4.69) is 0 Å². The Balaban J connectivity index is 2.46. The van der Waals surface area contributed by atoms with Gasteiger partial charge in [0.2, 0.25) is 0 Å². The maximum absolute atomic E-state index is 11.2.